The summed E-state index contributed by atoms with van der Waals surface area (Å²) in [7, 11) is 1.43. The van der Waals surface area contributed by atoms with Gasteiger partial charge in [0.2, 0.25) is 5.92 Å². The van der Waals surface area contributed by atoms with Gasteiger partial charge in [-0.2, -0.15) is 0 Å². The number of carbonyl (C=O) groups excluding carboxylic acids is 1. The number of hydrogen-bond acceptors (Lipinski definition) is 5. The van der Waals surface area contributed by atoms with Gasteiger partial charge in [-0.3, -0.25) is 4.79 Å². The molecule has 2 unspecified atom stereocenters. The molecule has 35 heavy (non-hydrogen) atoms. The van der Waals surface area contributed by atoms with Crippen molar-refractivity contribution in [1.82, 2.24) is 4.90 Å². The molecule has 1 amide bonds. The highest BCUT2D eigenvalue weighted by Crippen LogP contribution is 2.45. The maximum absolute atomic E-state index is 14.6. The summed E-state index contributed by atoms with van der Waals surface area (Å²) in [5.41, 5.74) is -0.747. The van der Waals surface area contributed by atoms with Crippen LogP contribution in [-0.2, 0) is 15.1 Å². The molecular formula is C25H25F4NO5. The lowest BCUT2D eigenvalue weighted by atomic mass is 9.81. The molecule has 0 bridgehead atoms. The summed E-state index contributed by atoms with van der Waals surface area (Å²) < 4.78 is 77.0. The van der Waals surface area contributed by atoms with Crippen molar-refractivity contribution in [2.75, 3.05) is 33.6 Å². The highest BCUT2D eigenvalue weighted by atomic mass is 19.3. The van der Waals surface area contributed by atoms with Gasteiger partial charge >= 0.3 is 0 Å². The molecular weight excluding hydrogens is 470 g/mol. The minimum Gasteiger partial charge on any atom is -0.493 e. The average Bonchev–Trinajstić information content (AvgIpc) is 3.26. The van der Waals surface area contributed by atoms with Crippen LogP contribution < -0.4 is 9.47 Å². The monoisotopic (exact) mass is 495 g/mol. The number of carbonyl (C=O) groups is 1. The Labute approximate surface area is 199 Å². The minimum atomic E-state index is -2.62. The fourth-order valence-electron chi connectivity index (χ4n) is 5.09. The van der Waals surface area contributed by atoms with Gasteiger partial charge in [-0.05, 0) is 24.3 Å². The first-order chi connectivity index (χ1) is 16.7. The molecule has 10 heteroatoms. The standard InChI is InChI=1S/C25H25F4NO5/c1-32-20-9-16(5-6-19(20)33-13-15-10-24(28,29)11-15)23(31)30-8-7-25(21(12-30)34-14-35-25)17-3-2-4-18(26)22(17)27/h2-6,9,15,21H,7-8,10-14H2,1H3. The van der Waals surface area contributed by atoms with Gasteiger partial charge in [0.05, 0.1) is 20.3 Å². The van der Waals surface area contributed by atoms with E-state index in [2.05, 4.69) is 0 Å². The third-order valence-corrected chi connectivity index (χ3v) is 7.00. The molecule has 0 N–H and O–H groups in total. The highest BCUT2D eigenvalue weighted by Gasteiger charge is 2.52. The Morgan fingerprint density at radius 1 is 1.17 bits per heavy atom. The number of amides is 1. The first kappa shape index (κ1) is 23.9. The quantitative estimate of drug-likeness (QED) is 0.552. The number of rotatable bonds is 6. The molecule has 2 aromatic rings. The van der Waals surface area contributed by atoms with Crippen molar-refractivity contribution in [2.24, 2.45) is 5.92 Å². The Bertz CT molecular complexity index is 1120. The van der Waals surface area contributed by atoms with Crippen LogP contribution in [0.25, 0.3) is 0 Å². The molecule has 2 saturated heterocycles. The topological polar surface area (TPSA) is 57.2 Å². The molecule has 2 atom stereocenters. The number of alkyl halides is 2. The molecule has 2 aromatic carbocycles. The lowest BCUT2D eigenvalue weighted by Crippen LogP contribution is -2.54. The Hall–Kier alpha value is -2.85. The second kappa shape index (κ2) is 8.98. The van der Waals surface area contributed by atoms with Gasteiger partial charge < -0.3 is 23.8 Å². The maximum atomic E-state index is 14.6. The van der Waals surface area contributed by atoms with Crippen LogP contribution in [0, 0.1) is 17.6 Å². The summed E-state index contributed by atoms with van der Waals surface area (Å²) in [6.45, 7) is 0.425. The first-order valence-corrected chi connectivity index (χ1v) is 11.4. The maximum Gasteiger partial charge on any atom is 0.254 e. The van der Waals surface area contributed by atoms with Gasteiger partial charge in [0.15, 0.2) is 23.1 Å². The van der Waals surface area contributed by atoms with Crippen molar-refractivity contribution in [1.29, 1.82) is 0 Å². The summed E-state index contributed by atoms with van der Waals surface area (Å²) in [5, 5.41) is 0. The Balaban J connectivity index is 1.28. The minimum absolute atomic E-state index is 0.0829. The summed E-state index contributed by atoms with van der Waals surface area (Å²) >= 11 is 0. The third kappa shape index (κ3) is 4.33. The fraction of sp³-hybridized carbons (Fsp3) is 0.480. The van der Waals surface area contributed by atoms with E-state index < -0.39 is 29.3 Å². The number of fused-ring (bicyclic) bond motifs is 1. The smallest absolute Gasteiger partial charge is 0.254 e. The zero-order valence-corrected chi connectivity index (χ0v) is 19.1. The highest BCUT2D eigenvalue weighted by molar-refractivity contribution is 5.95. The van der Waals surface area contributed by atoms with Gasteiger partial charge in [-0.25, -0.2) is 17.6 Å². The number of ether oxygens (including phenoxy) is 4. The van der Waals surface area contributed by atoms with Crippen LogP contribution in [0.2, 0.25) is 0 Å². The average molecular weight is 495 g/mol. The summed E-state index contributed by atoms with van der Waals surface area (Å²) in [6.07, 6.45) is -0.834. The van der Waals surface area contributed by atoms with Crippen LogP contribution in [0.4, 0.5) is 17.6 Å². The first-order valence-electron chi connectivity index (χ1n) is 11.4. The van der Waals surface area contributed by atoms with E-state index in [1.165, 1.54) is 25.3 Å². The summed E-state index contributed by atoms with van der Waals surface area (Å²) in [4.78, 5) is 14.8. The Kier molecular flexibility index (Phi) is 6.13. The van der Waals surface area contributed by atoms with Crippen LogP contribution in [0.5, 0.6) is 11.5 Å². The molecule has 5 rings (SSSR count). The van der Waals surface area contributed by atoms with Crippen molar-refractivity contribution in [2.45, 2.75) is 36.9 Å². The van der Waals surface area contributed by atoms with E-state index in [1.54, 1.807) is 17.0 Å². The molecule has 1 aliphatic carbocycles. The van der Waals surface area contributed by atoms with Crippen LogP contribution >= 0.6 is 0 Å². The molecule has 2 aliphatic heterocycles. The molecule has 2 heterocycles. The number of piperidine rings is 1. The van der Waals surface area contributed by atoms with E-state index >= 15 is 0 Å². The lowest BCUT2D eigenvalue weighted by molar-refractivity contribution is -0.119. The number of nitrogens with zero attached hydrogens (tertiary/aromatic N) is 1. The lowest BCUT2D eigenvalue weighted by Gasteiger charge is -2.42. The number of likely N-dealkylation sites (tertiary alicyclic amines) is 1. The summed E-state index contributed by atoms with van der Waals surface area (Å²) in [6, 6.07) is 8.63. The number of benzene rings is 2. The van der Waals surface area contributed by atoms with E-state index in [9.17, 15) is 22.4 Å². The molecule has 3 aliphatic rings. The van der Waals surface area contributed by atoms with E-state index in [4.69, 9.17) is 18.9 Å². The molecule has 0 aromatic heterocycles. The SMILES string of the molecule is COc1cc(C(=O)N2CCC3(c4cccc(F)c4F)OCOC3C2)ccc1OCC1CC(F)(F)C1. The molecule has 6 nitrogen and oxygen atoms in total. The van der Waals surface area contributed by atoms with Gasteiger partial charge in [0.1, 0.15) is 18.5 Å². The summed E-state index contributed by atoms with van der Waals surface area (Å²) in [5.74, 6) is -4.39. The predicted molar refractivity (Wildman–Crippen MR) is 116 cm³/mol. The zero-order chi connectivity index (χ0) is 24.8. The Morgan fingerprint density at radius 2 is 1.97 bits per heavy atom. The van der Waals surface area contributed by atoms with E-state index in [0.717, 1.165) is 6.07 Å². The number of halogens is 4. The molecule has 0 spiro atoms. The second-order valence-corrected chi connectivity index (χ2v) is 9.22. The Morgan fingerprint density at radius 3 is 2.71 bits per heavy atom. The van der Waals surface area contributed by atoms with Gasteiger partial charge in [-0.1, -0.05) is 12.1 Å². The van der Waals surface area contributed by atoms with E-state index in [-0.39, 0.29) is 63.1 Å². The van der Waals surface area contributed by atoms with Crippen molar-refractivity contribution in [3.05, 3.63) is 59.2 Å². The molecule has 3 fully saturated rings. The normalized spacial score (nSPS) is 25.6. The van der Waals surface area contributed by atoms with Crippen LogP contribution in [0.3, 0.4) is 0 Å². The van der Waals surface area contributed by atoms with Crippen molar-refractivity contribution < 1.29 is 41.3 Å². The number of hydrogen-bond donors (Lipinski definition) is 0. The third-order valence-electron chi connectivity index (χ3n) is 7.00. The molecule has 0 radical (unpaired) electrons. The molecule has 1 saturated carbocycles. The van der Waals surface area contributed by atoms with E-state index in [1.807, 2.05) is 0 Å². The van der Waals surface area contributed by atoms with Gasteiger partial charge in [0.25, 0.3) is 5.91 Å². The predicted octanol–water partition coefficient (Wildman–Crippen LogP) is 4.51. The van der Waals surface area contributed by atoms with Gasteiger partial charge in [0, 0.05) is 42.9 Å². The van der Waals surface area contributed by atoms with Gasteiger partial charge in [-0.15, -0.1) is 0 Å². The van der Waals surface area contributed by atoms with Crippen molar-refractivity contribution >= 4 is 5.91 Å². The van der Waals surface area contributed by atoms with Crippen molar-refractivity contribution in [3.63, 3.8) is 0 Å². The van der Waals surface area contributed by atoms with Crippen LogP contribution in [0.1, 0.15) is 35.2 Å². The van der Waals surface area contributed by atoms with Crippen LogP contribution in [0.15, 0.2) is 36.4 Å². The van der Waals surface area contributed by atoms with Crippen molar-refractivity contribution in [3.8, 4) is 11.5 Å². The molecule has 188 valence electrons. The van der Waals surface area contributed by atoms with E-state index in [0.29, 0.717) is 17.1 Å². The van der Waals surface area contributed by atoms with Crippen LogP contribution in [-0.4, -0.2) is 56.4 Å². The zero-order valence-electron chi connectivity index (χ0n) is 19.1. The number of methoxy groups -OCH3 is 1. The fourth-order valence-corrected chi connectivity index (χ4v) is 5.09. The largest absolute Gasteiger partial charge is 0.493 e. The second-order valence-electron chi connectivity index (χ2n) is 9.22.